The van der Waals surface area contributed by atoms with Crippen LogP contribution in [0.5, 0.6) is 5.75 Å². The second-order valence-corrected chi connectivity index (χ2v) is 7.74. The van der Waals surface area contributed by atoms with Gasteiger partial charge in [-0.15, -0.1) is 0 Å². The Bertz CT molecular complexity index is 806. The number of phenolic OH excluding ortho intramolecular Hbond substituents is 1. The summed E-state index contributed by atoms with van der Waals surface area (Å²) in [4.78, 5) is 11.7. The summed E-state index contributed by atoms with van der Waals surface area (Å²) >= 11 is 5.57. The number of halogens is 1. The number of phenols is 1. The number of aliphatic hydroxyl groups is 1. The Morgan fingerprint density at radius 1 is 1.44 bits per heavy atom. The third kappa shape index (κ3) is 4.00. The van der Waals surface area contributed by atoms with Crippen LogP contribution in [0.15, 0.2) is 30.4 Å². The number of benzene rings is 1. The lowest BCUT2D eigenvalue weighted by atomic mass is 9.53. The zero-order valence-electron chi connectivity index (χ0n) is 15.5. The molecule has 2 aliphatic rings. The van der Waals surface area contributed by atoms with E-state index in [1.54, 1.807) is 13.0 Å². The number of allylic oxidation sites excluding steroid dienone is 1. The van der Waals surface area contributed by atoms with Crippen LogP contribution in [-0.2, 0) is 21.4 Å². The number of fused-ring (bicyclic) bond motifs is 3. The summed E-state index contributed by atoms with van der Waals surface area (Å²) in [7, 11) is 0. The van der Waals surface area contributed by atoms with Crippen LogP contribution in [0.3, 0.4) is 0 Å². The normalized spacial score (nSPS) is 29.4. The van der Waals surface area contributed by atoms with E-state index in [1.807, 2.05) is 18.2 Å². The average Bonchev–Trinajstić information content (AvgIpc) is 2.62. The van der Waals surface area contributed by atoms with Gasteiger partial charge in [-0.05, 0) is 86.2 Å². The van der Waals surface area contributed by atoms with Crippen LogP contribution >= 0.6 is 11.6 Å². The quantitative estimate of drug-likeness (QED) is 0.467. The van der Waals surface area contributed by atoms with E-state index in [0.29, 0.717) is 25.9 Å². The molecule has 0 saturated heterocycles. The Labute approximate surface area is 165 Å². The number of ether oxygens (including phenoxy) is 1. The summed E-state index contributed by atoms with van der Waals surface area (Å²) in [5.41, 5.74) is 1.09. The summed E-state index contributed by atoms with van der Waals surface area (Å²) in [5, 5.41) is 23.0. The van der Waals surface area contributed by atoms with Crippen molar-refractivity contribution in [3.8, 4) is 17.0 Å². The summed E-state index contributed by atoms with van der Waals surface area (Å²) in [6.45, 7) is 2.13. The summed E-state index contributed by atoms with van der Waals surface area (Å²) in [6.07, 6.45) is 7.62. The van der Waals surface area contributed by atoms with E-state index >= 15 is 0 Å². The van der Waals surface area contributed by atoms with Crippen molar-refractivity contribution in [1.29, 1.82) is 0 Å². The van der Waals surface area contributed by atoms with Crippen LogP contribution in [0.2, 0.25) is 0 Å². The number of hydrogen-bond donors (Lipinski definition) is 2. The second kappa shape index (κ2) is 7.96. The molecular formula is C22H25ClO4. The van der Waals surface area contributed by atoms with Gasteiger partial charge in [0.1, 0.15) is 11.4 Å². The molecule has 0 spiro atoms. The van der Waals surface area contributed by atoms with Crippen molar-refractivity contribution >= 4 is 17.6 Å². The molecule has 2 aliphatic carbocycles. The van der Waals surface area contributed by atoms with Gasteiger partial charge in [-0.2, -0.15) is 0 Å². The highest BCUT2D eigenvalue weighted by Gasteiger charge is 2.50. The minimum Gasteiger partial charge on any atom is -0.508 e. The molecule has 0 bridgehead atoms. The molecule has 3 rings (SSSR count). The van der Waals surface area contributed by atoms with Crippen molar-refractivity contribution in [2.75, 3.05) is 6.61 Å². The number of aromatic hydroxyl groups is 1. The minimum absolute atomic E-state index is 0.190. The molecule has 0 aliphatic heterocycles. The molecule has 144 valence electrons. The smallest absolute Gasteiger partial charge is 0.330 e. The van der Waals surface area contributed by atoms with E-state index < -0.39 is 5.60 Å². The lowest BCUT2D eigenvalue weighted by Crippen LogP contribution is -2.49. The van der Waals surface area contributed by atoms with Crippen molar-refractivity contribution in [2.24, 2.45) is 5.92 Å². The monoisotopic (exact) mass is 388 g/mol. The van der Waals surface area contributed by atoms with E-state index in [-0.39, 0.29) is 23.1 Å². The van der Waals surface area contributed by atoms with Crippen molar-refractivity contribution in [1.82, 2.24) is 0 Å². The molecular weight excluding hydrogens is 364 g/mol. The number of rotatable bonds is 4. The number of carbonyl (C=O) groups is 1. The molecule has 0 amide bonds. The van der Waals surface area contributed by atoms with Crippen LogP contribution < -0.4 is 0 Å². The Morgan fingerprint density at radius 2 is 2.26 bits per heavy atom. The molecule has 1 aromatic carbocycles. The first-order valence-corrected chi connectivity index (χ1v) is 9.81. The maximum Gasteiger partial charge on any atom is 0.330 e. The average molecular weight is 389 g/mol. The SMILES string of the molecule is CCOC(=O)C=CC[C@]12CC[C@@](O)(C#CCl)C[C@@H]1CCc1cc(O)ccc12. The zero-order valence-corrected chi connectivity index (χ0v) is 16.3. The number of carbonyl (C=O) groups excluding carboxylic acids is 1. The third-order valence-corrected chi connectivity index (χ3v) is 6.13. The van der Waals surface area contributed by atoms with Gasteiger partial charge in [0, 0.05) is 16.9 Å². The van der Waals surface area contributed by atoms with Gasteiger partial charge in [-0.3, -0.25) is 0 Å². The lowest BCUT2D eigenvalue weighted by molar-refractivity contribution is -0.137. The molecule has 1 aromatic rings. The highest BCUT2D eigenvalue weighted by atomic mass is 35.5. The van der Waals surface area contributed by atoms with Gasteiger partial charge in [0.25, 0.3) is 0 Å². The molecule has 5 heteroatoms. The molecule has 0 heterocycles. The zero-order chi connectivity index (χ0) is 19.5. The van der Waals surface area contributed by atoms with Gasteiger partial charge < -0.3 is 14.9 Å². The standard InChI is InChI=1S/C22H25ClO4/c1-2-27-20(25)4-3-9-22-11-10-21(26,12-13-23)15-17(22)6-5-16-14-18(24)7-8-19(16)22/h3-4,7-8,14,17,24,26H,2,5-6,9-11,15H2,1H3/t17-,21+,22-/m0/s1. The van der Waals surface area contributed by atoms with Crippen LogP contribution in [0.1, 0.15) is 50.2 Å². The summed E-state index contributed by atoms with van der Waals surface area (Å²) in [5.74, 6) is 2.92. The highest BCUT2D eigenvalue weighted by Crippen LogP contribution is 2.54. The topological polar surface area (TPSA) is 66.8 Å². The Balaban J connectivity index is 1.95. The maximum atomic E-state index is 11.7. The fraction of sp³-hybridized carbons (Fsp3) is 0.500. The molecule has 1 saturated carbocycles. The van der Waals surface area contributed by atoms with Crippen molar-refractivity contribution in [3.05, 3.63) is 41.5 Å². The van der Waals surface area contributed by atoms with Crippen LogP contribution in [0.25, 0.3) is 0 Å². The van der Waals surface area contributed by atoms with Crippen LogP contribution in [0.4, 0.5) is 0 Å². The van der Waals surface area contributed by atoms with Crippen LogP contribution in [-0.4, -0.2) is 28.4 Å². The second-order valence-electron chi connectivity index (χ2n) is 7.55. The first kappa shape index (κ1) is 19.8. The summed E-state index contributed by atoms with van der Waals surface area (Å²) < 4.78 is 4.98. The molecule has 1 fully saturated rings. The van der Waals surface area contributed by atoms with Crippen molar-refractivity contribution < 1.29 is 19.7 Å². The largest absolute Gasteiger partial charge is 0.508 e. The summed E-state index contributed by atoms with van der Waals surface area (Å²) in [6, 6.07) is 5.55. The Hall–Kier alpha value is -1.96. The molecule has 2 N–H and O–H groups in total. The maximum absolute atomic E-state index is 11.7. The van der Waals surface area contributed by atoms with E-state index in [0.717, 1.165) is 24.8 Å². The van der Waals surface area contributed by atoms with Gasteiger partial charge in [0.2, 0.25) is 0 Å². The van der Waals surface area contributed by atoms with E-state index in [9.17, 15) is 15.0 Å². The fourth-order valence-electron chi connectivity index (χ4n) is 4.81. The van der Waals surface area contributed by atoms with E-state index in [2.05, 4.69) is 11.3 Å². The fourth-order valence-corrected chi connectivity index (χ4v) is 4.99. The van der Waals surface area contributed by atoms with Crippen molar-refractivity contribution in [2.45, 2.75) is 56.5 Å². The van der Waals surface area contributed by atoms with E-state index in [1.165, 1.54) is 11.6 Å². The van der Waals surface area contributed by atoms with Crippen LogP contribution in [0, 0.1) is 17.2 Å². The molecule has 0 aromatic heterocycles. The number of aryl methyl sites for hydroxylation is 1. The first-order valence-electron chi connectivity index (χ1n) is 9.43. The van der Waals surface area contributed by atoms with Gasteiger partial charge in [0.05, 0.1) is 6.61 Å². The molecule has 27 heavy (non-hydrogen) atoms. The molecule has 0 radical (unpaired) electrons. The predicted octanol–water partition coefficient (Wildman–Crippen LogP) is 3.82. The van der Waals surface area contributed by atoms with Gasteiger partial charge in [-0.25, -0.2) is 4.79 Å². The Kier molecular flexibility index (Phi) is 5.83. The van der Waals surface area contributed by atoms with Crippen molar-refractivity contribution in [3.63, 3.8) is 0 Å². The van der Waals surface area contributed by atoms with Gasteiger partial charge in [-0.1, -0.05) is 18.1 Å². The predicted molar refractivity (Wildman–Crippen MR) is 104 cm³/mol. The number of hydrogen-bond acceptors (Lipinski definition) is 4. The third-order valence-electron chi connectivity index (χ3n) is 6.04. The number of esters is 1. The van der Waals surface area contributed by atoms with Gasteiger partial charge >= 0.3 is 5.97 Å². The first-order chi connectivity index (χ1) is 12.9. The minimum atomic E-state index is -1.06. The van der Waals surface area contributed by atoms with E-state index in [4.69, 9.17) is 16.3 Å². The highest BCUT2D eigenvalue weighted by molar-refractivity contribution is 6.30. The lowest BCUT2D eigenvalue weighted by Gasteiger charge is -2.52. The Morgan fingerprint density at radius 3 is 3.00 bits per heavy atom. The molecule has 3 atom stereocenters. The van der Waals surface area contributed by atoms with Gasteiger partial charge in [0.15, 0.2) is 0 Å². The molecule has 0 unspecified atom stereocenters. The molecule has 4 nitrogen and oxygen atoms in total.